The minimum atomic E-state index is -3.42. The van der Waals surface area contributed by atoms with Crippen LogP contribution in [0.5, 0.6) is 0 Å². The number of halogens is 1. The van der Waals surface area contributed by atoms with E-state index in [0.717, 1.165) is 13.0 Å². The second kappa shape index (κ2) is 8.46. The molecule has 1 amide bonds. The first kappa shape index (κ1) is 20.4. The van der Waals surface area contributed by atoms with Gasteiger partial charge in [-0.1, -0.05) is 48.0 Å². The van der Waals surface area contributed by atoms with Gasteiger partial charge in [-0.15, -0.1) is 0 Å². The number of rotatable bonds is 4. The molecule has 0 unspecified atom stereocenters. The number of fused-ring (bicyclic) bond motifs is 1. The Morgan fingerprint density at radius 1 is 1.00 bits per heavy atom. The summed E-state index contributed by atoms with van der Waals surface area (Å²) in [7, 11) is -3.42. The quantitative estimate of drug-likeness (QED) is 0.743. The van der Waals surface area contributed by atoms with E-state index in [9.17, 15) is 13.2 Å². The lowest BCUT2D eigenvalue weighted by atomic mass is 9.94. The van der Waals surface area contributed by atoms with Crippen LogP contribution in [0.25, 0.3) is 0 Å². The van der Waals surface area contributed by atoms with Crippen molar-refractivity contribution in [1.29, 1.82) is 0 Å². The standard InChI is InChI=1S/C22H25ClN2O3S/c23-21-7-3-4-17(14-21)16-29(27,28)25-12-9-19(10-13-25)22(26)24-11-8-18-5-1-2-6-20(18)15-24/h1-7,14,19H,8-13,15-16H2. The van der Waals surface area contributed by atoms with Gasteiger partial charge in [-0.3, -0.25) is 4.79 Å². The molecule has 1 saturated heterocycles. The average Bonchev–Trinajstić information content (AvgIpc) is 2.72. The fourth-order valence-electron chi connectivity index (χ4n) is 4.25. The molecule has 154 valence electrons. The number of hydrogen-bond acceptors (Lipinski definition) is 3. The molecule has 0 aliphatic carbocycles. The first-order chi connectivity index (χ1) is 13.9. The summed E-state index contributed by atoms with van der Waals surface area (Å²) in [6, 6.07) is 15.2. The number of hydrogen-bond donors (Lipinski definition) is 0. The molecular weight excluding hydrogens is 408 g/mol. The van der Waals surface area contributed by atoms with Crippen LogP contribution in [0.3, 0.4) is 0 Å². The fraction of sp³-hybridized carbons (Fsp3) is 0.409. The van der Waals surface area contributed by atoms with Gasteiger partial charge in [0.25, 0.3) is 0 Å². The normalized spacial score (nSPS) is 18.4. The van der Waals surface area contributed by atoms with Crippen LogP contribution < -0.4 is 0 Å². The minimum Gasteiger partial charge on any atom is -0.338 e. The maximum absolute atomic E-state index is 13.0. The fourth-order valence-corrected chi connectivity index (χ4v) is 6.02. The molecule has 0 atom stereocenters. The summed E-state index contributed by atoms with van der Waals surface area (Å²) in [6.45, 7) is 2.18. The molecule has 2 aromatic rings. The molecule has 0 saturated carbocycles. The predicted molar refractivity (Wildman–Crippen MR) is 114 cm³/mol. The molecule has 2 heterocycles. The maximum Gasteiger partial charge on any atom is 0.226 e. The molecule has 0 N–H and O–H groups in total. The molecule has 2 aliphatic heterocycles. The number of benzene rings is 2. The van der Waals surface area contributed by atoms with Crippen molar-refractivity contribution in [1.82, 2.24) is 9.21 Å². The van der Waals surface area contributed by atoms with Gasteiger partial charge in [-0.05, 0) is 48.1 Å². The van der Waals surface area contributed by atoms with E-state index in [1.807, 2.05) is 17.0 Å². The Labute approximate surface area is 177 Å². The first-order valence-electron chi connectivity index (χ1n) is 10.0. The molecule has 4 rings (SSSR count). The second-order valence-corrected chi connectivity index (χ2v) is 10.2. The number of nitrogens with zero attached hydrogens (tertiary/aromatic N) is 2. The monoisotopic (exact) mass is 432 g/mol. The Morgan fingerprint density at radius 2 is 1.72 bits per heavy atom. The minimum absolute atomic E-state index is 0.0604. The predicted octanol–water partition coefficient (Wildman–Crippen LogP) is 3.47. The van der Waals surface area contributed by atoms with Crippen molar-refractivity contribution in [3.63, 3.8) is 0 Å². The van der Waals surface area contributed by atoms with Gasteiger partial charge in [0.2, 0.25) is 15.9 Å². The molecule has 0 radical (unpaired) electrons. The van der Waals surface area contributed by atoms with E-state index in [1.54, 1.807) is 24.3 Å². The van der Waals surface area contributed by atoms with Crippen LogP contribution in [0.2, 0.25) is 5.02 Å². The number of carbonyl (C=O) groups is 1. The Balaban J connectivity index is 1.35. The van der Waals surface area contributed by atoms with Gasteiger partial charge in [-0.25, -0.2) is 12.7 Å². The highest BCUT2D eigenvalue weighted by Gasteiger charge is 2.34. The Morgan fingerprint density at radius 3 is 2.45 bits per heavy atom. The van der Waals surface area contributed by atoms with Crippen LogP contribution in [-0.2, 0) is 33.5 Å². The van der Waals surface area contributed by atoms with Gasteiger partial charge in [0.1, 0.15) is 0 Å². The highest BCUT2D eigenvalue weighted by Crippen LogP contribution is 2.26. The van der Waals surface area contributed by atoms with Crippen molar-refractivity contribution in [2.75, 3.05) is 19.6 Å². The number of sulfonamides is 1. The third-order valence-corrected chi connectivity index (χ3v) is 7.96. The largest absolute Gasteiger partial charge is 0.338 e. The Kier molecular flexibility index (Phi) is 5.95. The topological polar surface area (TPSA) is 57.7 Å². The smallest absolute Gasteiger partial charge is 0.226 e. The van der Waals surface area contributed by atoms with Gasteiger partial charge in [0.15, 0.2) is 0 Å². The lowest BCUT2D eigenvalue weighted by Gasteiger charge is -2.35. The van der Waals surface area contributed by atoms with Crippen LogP contribution in [0.15, 0.2) is 48.5 Å². The third-order valence-electron chi connectivity index (χ3n) is 5.88. The summed E-state index contributed by atoms with van der Waals surface area (Å²) in [5.41, 5.74) is 3.22. The first-order valence-corrected chi connectivity index (χ1v) is 12.0. The van der Waals surface area contributed by atoms with E-state index in [1.165, 1.54) is 15.4 Å². The van der Waals surface area contributed by atoms with E-state index >= 15 is 0 Å². The maximum atomic E-state index is 13.0. The number of piperidine rings is 1. The molecule has 0 bridgehead atoms. The molecule has 29 heavy (non-hydrogen) atoms. The molecule has 0 spiro atoms. The summed E-state index contributed by atoms with van der Waals surface area (Å²) in [5.74, 6) is -0.000921. The lowest BCUT2D eigenvalue weighted by molar-refractivity contribution is -0.137. The van der Waals surface area contributed by atoms with Crippen molar-refractivity contribution in [2.45, 2.75) is 31.6 Å². The third kappa shape index (κ3) is 4.65. The Bertz CT molecular complexity index is 1000. The van der Waals surface area contributed by atoms with Crippen molar-refractivity contribution in [3.8, 4) is 0 Å². The molecule has 2 aliphatic rings. The van der Waals surface area contributed by atoms with Crippen LogP contribution in [0.1, 0.15) is 29.5 Å². The van der Waals surface area contributed by atoms with E-state index in [0.29, 0.717) is 43.1 Å². The van der Waals surface area contributed by atoms with Crippen LogP contribution in [0.4, 0.5) is 0 Å². The summed E-state index contributed by atoms with van der Waals surface area (Å²) in [4.78, 5) is 14.9. The van der Waals surface area contributed by atoms with Crippen molar-refractivity contribution in [2.24, 2.45) is 5.92 Å². The number of amides is 1. The molecule has 7 heteroatoms. The van der Waals surface area contributed by atoms with E-state index < -0.39 is 10.0 Å². The molecule has 1 fully saturated rings. The lowest BCUT2D eigenvalue weighted by Crippen LogP contribution is -2.45. The van der Waals surface area contributed by atoms with Gasteiger partial charge in [0.05, 0.1) is 5.75 Å². The van der Waals surface area contributed by atoms with Crippen LogP contribution in [0, 0.1) is 5.92 Å². The summed E-state index contributed by atoms with van der Waals surface area (Å²) in [6.07, 6.45) is 2.03. The van der Waals surface area contributed by atoms with Gasteiger partial charge in [-0.2, -0.15) is 0 Å². The van der Waals surface area contributed by atoms with Crippen molar-refractivity contribution in [3.05, 3.63) is 70.2 Å². The zero-order chi connectivity index (χ0) is 20.4. The average molecular weight is 433 g/mol. The molecule has 2 aromatic carbocycles. The summed E-state index contributed by atoms with van der Waals surface area (Å²) >= 11 is 5.97. The van der Waals surface area contributed by atoms with E-state index in [-0.39, 0.29) is 17.6 Å². The highest BCUT2D eigenvalue weighted by atomic mass is 35.5. The van der Waals surface area contributed by atoms with E-state index in [2.05, 4.69) is 12.1 Å². The SMILES string of the molecule is O=C(C1CCN(S(=O)(=O)Cc2cccc(Cl)c2)CC1)N1CCc2ccccc2C1. The molecule has 0 aromatic heterocycles. The van der Waals surface area contributed by atoms with Crippen LogP contribution >= 0.6 is 11.6 Å². The highest BCUT2D eigenvalue weighted by molar-refractivity contribution is 7.88. The summed E-state index contributed by atoms with van der Waals surface area (Å²) < 4.78 is 27.1. The van der Waals surface area contributed by atoms with Crippen LogP contribution in [-0.4, -0.2) is 43.2 Å². The number of carbonyl (C=O) groups excluding carboxylic acids is 1. The molecule has 5 nitrogen and oxygen atoms in total. The zero-order valence-electron chi connectivity index (χ0n) is 16.3. The second-order valence-electron chi connectivity index (χ2n) is 7.84. The zero-order valence-corrected chi connectivity index (χ0v) is 17.8. The van der Waals surface area contributed by atoms with Crippen molar-refractivity contribution >= 4 is 27.5 Å². The van der Waals surface area contributed by atoms with Gasteiger partial charge >= 0.3 is 0 Å². The van der Waals surface area contributed by atoms with Gasteiger partial charge < -0.3 is 4.90 Å². The van der Waals surface area contributed by atoms with Gasteiger partial charge in [0, 0.05) is 37.1 Å². The van der Waals surface area contributed by atoms with Crippen molar-refractivity contribution < 1.29 is 13.2 Å². The van der Waals surface area contributed by atoms with E-state index in [4.69, 9.17) is 11.6 Å². The molecular formula is C22H25ClN2O3S. The summed E-state index contributed by atoms with van der Waals surface area (Å²) in [5, 5.41) is 0.533. The Hall–Kier alpha value is -1.89.